The summed E-state index contributed by atoms with van der Waals surface area (Å²) in [4.78, 5) is 6.86. The van der Waals surface area contributed by atoms with Gasteiger partial charge in [0, 0.05) is 33.9 Å². The van der Waals surface area contributed by atoms with E-state index in [1.54, 1.807) is 0 Å². The summed E-state index contributed by atoms with van der Waals surface area (Å²) in [6.45, 7) is 2.15. The van der Waals surface area contributed by atoms with E-state index in [4.69, 9.17) is 0 Å². The van der Waals surface area contributed by atoms with Gasteiger partial charge in [-0.3, -0.25) is 0 Å². The van der Waals surface area contributed by atoms with Crippen LogP contribution in [0.3, 0.4) is 0 Å². The van der Waals surface area contributed by atoms with Gasteiger partial charge in [-0.25, -0.2) is 0 Å². The molecule has 3 heteroatoms. The highest BCUT2D eigenvalue weighted by Gasteiger charge is 2.32. The summed E-state index contributed by atoms with van der Waals surface area (Å²) in [5.41, 5.74) is 6.46. The largest absolute Gasteiger partial charge is 0.378 e. The Morgan fingerprint density at radius 3 is 2.33 bits per heavy atom. The van der Waals surface area contributed by atoms with Crippen LogP contribution in [0.4, 0.5) is 17.1 Å². The van der Waals surface area contributed by atoms with Gasteiger partial charge in [-0.2, -0.15) is 0 Å². The molecule has 110 valence electrons. The molecule has 0 saturated carbocycles. The van der Waals surface area contributed by atoms with Crippen molar-refractivity contribution in [2.45, 2.75) is 13.1 Å². The number of aryl methyl sites for hydroxylation is 1. The lowest BCUT2D eigenvalue weighted by Crippen LogP contribution is -2.30. The first-order chi connectivity index (χ1) is 9.99. The molecule has 0 amide bonds. The maximum absolute atomic E-state index is 2.36. The number of hydrogen-bond acceptors (Lipinski definition) is 3. The van der Waals surface area contributed by atoms with E-state index in [2.05, 4.69) is 92.3 Å². The van der Waals surface area contributed by atoms with Crippen LogP contribution in [0.2, 0.25) is 0 Å². The van der Waals surface area contributed by atoms with Crippen molar-refractivity contribution in [3.05, 3.63) is 53.6 Å². The molecule has 0 aromatic heterocycles. The number of benzene rings is 2. The highest BCUT2D eigenvalue weighted by molar-refractivity contribution is 5.78. The molecule has 0 spiro atoms. The lowest BCUT2D eigenvalue weighted by molar-refractivity contribution is 0.694. The summed E-state index contributed by atoms with van der Waals surface area (Å²) >= 11 is 0. The van der Waals surface area contributed by atoms with Gasteiger partial charge in [0.1, 0.15) is 6.17 Å². The molecule has 1 heterocycles. The van der Waals surface area contributed by atoms with Crippen LogP contribution in [0, 0.1) is 6.92 Å². The van der Waals surface area contributed by atoms with Gasteiger partial charge in [0.15, 0.2) is 0 Å². The molecule has 0 bridgehead atoms. The van der Waals surface area contributed by atoms with Gasteiger partial charge in [0.25, 0.3) is 0 Å². The fourth-order valence-corrected chi connectivity index (χ4v) is 3.15. The molecule has 2 aromatic carbocycles. The van der Waals surface area contributed by atoms with Crippen molar-refractivity contribution in [3.63, 3.8) is 0 Å². The minimum atomic E-state index is 0.252. The molecule has 1 atom stereocenters. The minimum Gasteiger partial charge on any atom is -0.378 e. The second kappa shape index (κ2) is 4.99. The monoisotopic (exact) mass is 281 g/mol. The van der Waals surface area contributed by atoms with Gasteiger partial charge in [-0.05, 0) is 42.3 Å². The predicted molar refractivity (Wildman–Crippen MR) is 91.5 cm³/mol. The second-order valence-corrected chi connectivity index (χ2v) is 6.08. The zero-order valence-corrected chi connectivity index (χ0v) is 13.5. The van der Waals surface area contributed by atoms with Gasteiger partial charge >= 0.3 is 0 Å². The average molecular weight is 281 g/mol. The van der Waals surface area contributed by atoms with Crippen LogP contribution in [0.25, 0.3) is 0 Å². The second-order valence-electron chi connectivity index (χ2n) is 6.08. The molecule has 0 aliphatic carbocycles. The van der Waals surface area contributed by atoms with E-state index in [1.165, 1.54) is 28.2 Å². The molecule has 0 radical (unpaired) electrons. The molecule has 0 N–H and O–H groups in total. The van der Waals surface area contributed by atoms with Gasteiger partial charge < -0.3 is 14.7 Å². The smallest absolute Gasteiger partial charge is 0.128 e. The van der Waals surface area contributed by atoms with E-state index in [-0.39, 0.29) is 6.17 Å². The van der Waals surface area contributed by atoms with Gasteiger partial charge in [-0.1, -0.05) is 18.2 Å². The number of anilines is 3. The molecule has 1 aliphatic rings. The standard InChI is InChI=1S/C18H23N3/c1-13-9-10-16-17(11-13)21(5)18(20(16)4)14-7-6-8-15(12-14)19(2)3/h6-12,18H,1-5H3. The number of nitrogens with zero attached hydrogens (tertiary/aromatic N) is 3. The Morgan fingerprint density at radius 1 is 0.905 bits per heavy atom. The normalized spacial score (nSPS) is 17.1. The molecular weight excluding hydrogens is 258 g/mol. The molecule has 3 rings (SSSR count). The number of fused-ring (bicyclic) bond motifs is 1. The van der Waals surface area contributed by atoms with E-state index >= 15 is 0 Å². The third kappa shape index (κ3) is 2.23. The van der Waals surface area contributed by atoms with Crippen molar-refractivity contribution >= 4 is 17.1 Å². The lowest BCUT2D eigenvalue weighted by atomic mass is 10.1. The van der Waals surface area contributed by atoms with Crippen molar-refractivity contribution in [2.24, 2.45) is 0 Å². The number of hydrogen-bond donors (Lipinski definition) is 0. The summed E-state index contributed by atoms with van der Waals surface area (Å²) < 4.78 is 0. The van der Waals surface area contributed by atoms with Crippen LogP contribution in [0.15, 0.2) is 42.5 Å². The van der Waals surface area contributed by atoms with E-state index in [0.717, 1.165) is 0 Å². The Hall–Kier alpha value is -2.16. The van der Waals surface area contributed by atoms with Gasteiger partial charge in [-0.15, -0.1) is 0 Å². The summed E-state index contributed by atoms with van der Waals surface area (Å²) in [6, 6.07) is 15.4. The van der Waals surface area contributed by atoms with Crippen molar-refractivity contribution in [2.75, 3.05) is 42.9 Å². The minimum absolute atomic E-state index is 0.252. The van der Waals surface area contributed by atoms with Gasteiger partial charge in [0.2, 0.25) is 0 Å². The molecule has 0 fully saturated rings. The first-order valence-electron chi connectivity index (χ1n) is 7.32. The fraction of sp³-hybridized carbons (Fsp3) is 0.333. The Kier molecular flexibility index (Phi) is 3.28. The summed E-state index contributed by atoms with van der Waals surface area (Å²) in [5.74, 6) is 0. The maximum Gasteiger partial charge on any atom is 0.128 e. The van der Waals surface area contributed by atoms with Crippen LogP contribution in [-0.2, 0) is 0 Å². The quantitative estimate of drug-likeness (QED) is 0.832. The molecule has 0 saturated heterocycles. The van der Waals surface area contributed by atoms with Crippen molar-refractivity contribution < 1.29 is 0 Å². The molecule has 1 unspecified atom stereocenters. The molecule has 1 aliphatic heterocycles. The highest BCUT2D eigenvalue weighted by Crippen LogP contribution is 2.44. The van der Waals surface area contributed by atoms with Crippen molar-refractivity contribution in [3.8, 4) is 0 Å². The Morgan fingerprint density at radius 2 is 1.62 bits per heavy atom. The third-order valence-electron chi connectivity index (χ3n) is 4.31. The number of rotatable bonds is 2. The summed E-state index contributed by atoms with van der Waals surface area (Å²) in [7, 11) is 8.51. The zero-order valence-electron chi connectivity index (χ0n) is 13.5. The average Bonchev–Trinajstić information content (AvgIpc) is 2.70. The third-order valence-corrected chi connectivity index (χ3v) is 4.31. The molecule has 3 nitrogen and oxygen atoms in total. The Bertz CT molecular complexity index is 663. The van der Waals surface area contributed by atoms with Crippen LogP contribution < -0.4 is 14.7 Å². The van der Waals surface area contributed by atoms with E-state index in [0.29, 0.717) is 0 Å². The van der Waals surface area contributed by atoms with Crippen molar-refractivity contribution in [1.29, 1.82) is 0 Å². The molecule has 21 heavy (non-hydrogen) atoms. The van der Waals surface area contributed by atoms with Crippen molar-refractivity contribution in [1.82, 2.24) is 0 Å². The van der Waals surface area contributed by atoms with Crippen LogP contribution in [-0.4, -0.2) is 28.2 Å². The topological polar surface area (TPSA) is 9.72 Å². The fourth-order valence-electron chi connectivity index (χ4n) is 3.15. The lowest BCUT2D eigenvalue weighted by Gasteiger charge is -2.29. The first kappa shape index (κ1) is 13.8. The SMILES string of the molecule is Cc1ccc2c(c1)N(C)C(c1cccc(N(C)C)c1)N2C. The Balaban J connectivity index is 2.03. The van der Waals surface area contributed by atoms with E-state index < -0.39 is 0 Å². The van der Waals surface area contributed by atoms with E-state index in [9.17, 15) is 0 Å². The van der Waals surface area contributed by atoms with Crippen LogP contribution in [0.5, 0.6) is 0 Å². The maximum atomic E-state index is 2.36. The highest BCUT2D eigenvalue weighted by atomic mass is 15.4. The summed E-state index contributed by atoms with van der Waals surface area (Å²) in [5, 5.41) is 0. The Labute approximate surface area is 127 Å². The summed E-state index contributed by atoms with van der Waals surface area (Å²) in [6.07, 6.45) is 0.252. The van der Waals surface area contributed by atoms with E-state index in [1.807, 2.05) is 0 Å². The zero-order chi connectivity index (χ0) is 15.1. The van der Waals surface area contributed by atoms with Crippen LogP contribution >= 0.6 is 0 Å². The van der Waals surface area contributed by atoms with Crippen LogP contribution in [0.1, 0.15) is 17.3 Å². The molecular formula is C18H23N3. The predicted octanol–water partition coefficient (Wildman–Crippen LogP) is 3.65. The van der Waals surface area contributed by atoms with Gasteiger partial charge in [0.05, 0.1) is 11.4 Å². The molecule has 2 aromatic rings. The first-order valence-corrected chi connectivity index (χ1v) is 7.32.